The van der Waals surface area contributed by atoms with Gasteiger partial charge in [-0.25, -0.2) is 8.42 Å². The van der Waals surface area contributed by atoms with Crippen LogP contribution in [-0.4, -0.2) is 29.8 Å². The summed E-state index contributed by atoms with van der Waals surface area (Å²) in [5.41, 5.74) is 4.26. The lowest BCUT2D eigenvalue weighted by Crippen LogP contribution is -2.25. The predicted octanol–water partition coefficient (Wildman–Crippen LogP) is 5.76. The van der Waals surface area contributed by atoms with Gasteiger partial charge < -0.3 is 4.74 Å². The minimum absolute atomic E-state index is 0.0946. The fraction of sp³-hybridized carbons (Fsp3) is 0.267. The number of carbonyl (C=O) groups is 1. The number of esters is 1. The van der Waals surface area contributed by atoms with Crippen molar-refractivity contribution in [1.29, 1.82) is 0 Å². The Morgan fingerprint density at radius 2 is 1.43 bits per heavy atom. The highest BCUT2D eigenvalue weighted by atomic mass is 32.2. The van der Waals surface area contributed by atoms with Gasteiger partial charge in [-0.2, -0.15) is 5.10 Å². The van der Waals surface area contributed by atoms with E-state index in [0.717, 1.165) is 33.6 Å². The van der Waals surface area contributed by atoms with Crippen molar-refractivity contribution in [1.82, 2.24) is 9.78 Å². The van der Waals surface area contributed by atoms with Gasteiger partial charge in [0.05, 0.1) is 29.3 Å². The van der Waals surface area contributed by atoms with Crippen LogP contribution in [0.4, 0.5) is 0 Å². The molecule has 0 amide bonds. The van der Waals surface area contributed by atoms with Gasteiger partial charge in [0.25, 0.3) is 0 Å². The van der Waals surface area contributed by atoms with Crippen molar-refractivity contribution in [3.05, 3.63) is 107 Å². The molecule has 0 aliphatic rings. The van der Waals surface area contributed by atoms with E-state index in [-0.39, 0.29) is 18.1 Å². The van der Waals surface area contributed by atoms with Gasteiger partial charge in [0.1, 0.15) is 5.60 Å². The van der Waals surface area contributed by atoms with Crippen molar-refractivity contribution in [3.63, 3.8) is 0 Å². The maximum Gasteiger partial charge on any atom is 0.310 e. The van der Waals surface area contributed by atoms with Gasteiger partial charge in [-0.05, 0) is 51.0 Å². The number of carbonyl (C=O) groups excluding carboxylic acids is 1. The van der Waals surface area contributed by atoms with Gasteiger partial charge in [-0.3, -0.25) is 9.48 Å². The summed E-state index contributed by atoms with van der Waals surface area (Å²) in [6.45, 7) is 7.85. The van der Waals surface area contributed by atoms with Crippen LogP contribution in [0.3, 0.4) is 0 Å². The maximum atomic E-state index is 13.1. The highest BCUT2D eigenvalue weighted by Gasteiger charge is 2.24. The number of nitrogens with zero attached hydrogens (tertiary/aromatic N) is 2. The first kappa shape index (κ1) is 26.4. The second-order valence-electron chi connectivity index (χ2n) is 10.0. The number of ether oxygens (including phenoxy) is 1. The lowest BCUT2D eigenvalue weighted by atomic mass is 10.0. The van der Waals surface area contributed by atoms with Crippen molar-refractivity contribution in [2.24, 2.45) is 0 Å². The molecule has 0 spiro atoms. The maximum absolute atomic E-state index is 13.1. The molecular weight excluding hydrogens is 484 g/mol. The molecule has 0 atom stereocenters. The molecule has 0 saturated heterocycles. The Balaban J connectivity index is 1.69. The van der Waals surface area contributed by atoms with E-state index in [2.05, 4.69) is 0 Å². The van der Waals surface area contributed by atoms with Gasteiger partial charge >= 0.3 is 5.97 Å². The van der Waals surface area contributed by atoms with E-state index in [1.54, 1.807) is 30.3 Å². The molecule has 1 heterocycles. The molecule has 6 nitrogen and oxygen atoms in total. The molecule has 3 aromatic carbocycles. The van der Waals surface area contributed by atoms with E-state index < -0.39 is 15.4 Å². The van der Waals surface area contributed by atoms with Crippen molar-refractivity contribution >= 4 is 15.8 Å². The van der Waals surface area contributed by atoms with E-state index in [4.69, 9.17) is 9.84 Å². The molecule has 37 heavy (non-hydrogen) atoms. The fourth-order valence-corrected chi connectivity index (χ4v) is 5.66. The Labute approximate surface area is 218 Å². The van der Waals surface area contributed by atoms with Crippen molar-refractivity contribution in [3.8, 4) is 11.3 Å². The molecular formula is C30H32N2O4S. The number of benzene rings is 3. The third kappa shape index (κ3) is 6.54. The van der Waals surface area contributed by atoms with Crippen LogP contribution in [0.15, 0.2) is 89.8 Å². The average molecular weight is 517 g/mol. The first-order valence-corrected chi connectivity index (χ1v) is 13.9. The fourth-order valence-electron chi connectivity index (χ4n) is 4.23. The lowest BCUT2D eigenvalue weighted by Gasteiger charge is -2.19. The van der Waals surface area contributed by atoms with E-state index >= 15 is 0 Å². The Morgan fingerprint density at radius 3 is 2.05 bits per heavy atom. The Bertz CT molecular complexity index is 1490. The van der Waals surface area contributed by atoms with Gasteiger partial charge in [0.2, 0.25) is 0 Å². The molecule has 0 unspecified atom stereocenters. The van der Waals surface area contributed by atoms with Crippen LogP contribution in [0.2, 0.25) is 0 Å². The predicted molar refractivity (Wildman–Crippen MR) is 145 cm³/mol. The Kier molecular flexibility index (Phi) is 7.64. The van der Waals surface area contributed by atoms with E-state index in [1.807, 2.05) is 87.0 Å². The topological polar surface area (TPSA) is 78.3 Å². The molecule has 0 N–H and O–H groups in total. The quantitative estimate of drug-likeness (QED) is 0.278. The highest BCUT2D eigenvalue weighted by Crippen LogP contribution is 2.28. The van der Waals surface area contributed by atoms with Gasteiger partial charge in [-0.15, -0.1) is 0 Å². The van der Waals surface area contributed by atoms with Crippen LogP contribution >= 0.6 is 0 Å². The van der Waals surface area contributed by atoms with E-state index in [1.165, 1.54) is 0 Å². The summed E-state index contributed by atoms with van der Waals surface area (Å²) in [7, 11) is -3.51. The molecule has 4 rings (SSSR count). The van der Waals surface area contributed by atoms with Gasteiger partial charge in [0.15, 0.2) is 9.84 Å². The van der Waals surface area contributed by atoms with Gasteiger partial charge in [-0.1, -0.05) is 72.8 Å². The Morgan fingerprint density at radius 1 is 0.865 bits per heavy atom. The Hall–Kier alpha value is -3.71. The largest absolute Gasteiger partial charge is 0.460 e. The van der Waals surface area contributed by atoms with Crippen molar-refractivity contribution in [2.45, 2.75) is 56.9 Å². The molecule has 1 aromatic heterocycles. The van der Waals surface area contributed by atoms with Crippen molar-refractivity contribution < 1.29 is 17.9 Å². The van der Waals surface area contributed by atoms with Crippen LogP contribution in [0.1, 0.15) is 43.2 Å². The summed E-state index contributed by atoms with van der Waals surface area (Å²) in [6.07, 6.45) is 0.0946. The normalized spacial score (nSPS) is 11.9. The van der Waals surface area contributed by atoms with Crippen LogP contribution < -0.4 is 0 Å². The van der Waals surface area contributed by atoms with E-state index in [9.17, 15) is 13.2 Å². The SMILES string of the molecule is Cc1c(CC(=O)OC(C)(C)C)c(-c2ccccc2)nn1Cc1ccccc1CS(=O)(=O)c1ccccc1. The molecule has 192 valence electrons. The molecule has 0 fully saturated rings. The first-order valence-electron chi connectivity index (χ1n) is 12.2. The minimum atomic E-state index is -3.51. The third-order valence-electron chi connectivity index (χ3n) is 6.01. The van der Waals surface area contributed by atoms with Crippen molar-refractivity contribution in [2.75, 3.05) is 0 Å². The molecule has 0 aliphatic carbocycles. The zero-order valence-electron chi connectivity index (χ0n) is 21.6. The standard InChI is InChI=1S/C30H32N2O4S/c1-22-27(19-28(33)36-30(2,3)4)29(23-13-7-5-8-14-23)31-32(22)20-24-15-11-12-16-25(24)21-37(34,35)26-17-9-6-10-18-26/h5-18H,19-21H2,1-4H3. The van der Waals surface area contributed by atoms with Gasteiger partial charge in [0, 0.05) is 16.8 Å². The zero-order chi connectivity index (χ0) is 26.6. The summed E-state index contributed by atoms with van der Waals surface area (Å²) in [5.74, 6) is -0.425. The highest BCUT2D eigenvalue weighted by molar-refractivity contribution is 7.90. The second kappa shape index (κ2) is 10.7. The number of rotatable bonds is 8. The van der Waals surface area contributed by atoms with Crippen LogP contribution in [0, 0.1) is 6.92 Å². The number of aromatic nitrogens is 2. The van der Waals surface area contributed by atoms with Crippen LogP contribution in [0.25, 0.3) is 11.3 Å². The summed E-state index contributed by atoms with van der Waals surface area (Å²) in [5, 5.41) is 4.88. The minimum Gasteiger partial charge on any atom is -0.460 e. The molecule has 0 bridgehead atoms. The summed E-state index contributed by atoms with van der Waals surface area (Å²) in [6, 6.07) is 25.7. The molecule has 4 aromatic rings. The number of hydrogen-bond donors (Lipinski definition) is 0. The third-order valence-corrected chi connectivity index (χ3v) is 7.69. The number of hydrogen-bond acceptors (Lipinski definition) is 5. The van der Waals surface area contributed by atoms with E-state index in [0.29, 0.717) is 11.4 Å². The second-order valence-corrected chi connectivity index (χ2v) is 12.0. The smallest absolute Gasteiger partial charge is 0.310 e. The monoisotopic (exact) mass is 516 g/mol. The summed E-state index contributed by atoms with van der Waals surface area (Å²) < 4.78 is 33.6. The van der Waals surface area contributed by atoms with Crippen LogP contribution in [0.5, 0.6) is 0 Å². The number of sulfone groups is 1. The molecule has 0 saturated carbocycles. The summed E-state index contributed by atoms with van der Waals surface area (Å²) >= 11 is 0. The molecule has 7 heteroatoms. The average Bonchev–Trinajstić information content (AvgIpc) is 3.15. The molecule has 0 aliphatic heterocycles. The first-order chi connectivity index (χ1) is 17.5. The molecule has 0 radical (unpaired) electrons. The van der Waals surface area contributed by atoms with Crippen LogP contribution in [-0.2, 0) is 38.1 Å². The summed E-state index contributed by atoms with van der Waals surface area (Å²) in [4.78, 5) is 13.0. The zero-order valence-corrected chi connectivity index (χ0v) is 22.5. The lowest BCUT2D eigenvalue weighted by molar-refractivity contribution is -0.153.